The lowest BCUT2D eigenvalue weighted by Crippen LogP contribution is -2.44. The standard InChI is InChI=1S/C12H25N3/c1-6-7-15-12(8-10(2)3)14(9-13-15)11(4)5/h9-12H,6-8H2,1-5H3. The van der Waals surface area contributed by atoms with Crippen LogP contribution in [0.15, 0.2) is 5.10 Å². The highest BCUT2D eigenvalue weighted by Gasteiger charge is 2.29. The van der Waals surface area contributed by atoms with E-state index in [2.05, 4.69) is 49.6 Å². The molecule has 0 aromatic rings. The highest BCUT2D eigenvalue weighted by atomic mass is 15.6. The third kappa shape index (κ3) is 3.11. The van der Waals surface area contributed by atoms with Crippen LogP contribution >= 0.6 is 0 Å². The van der Waals surface area contributed by atoms with Crippen molar-refractivity contribution < 1.29 is 0 Å². The molecule has 0 fully saturated rings. The van der Waals surface area contributed by atoms with E-state index < -0.39 is 0 Å². The number of hydrogen-bond donors (Lipinski definition) is 0. The van der Waals surface area contributed by atoms with Crippen LogP contribution in [0.5, 0.6) is 0 Å². The predicted molar refractivity (Wildman–Crippen MR) is 65.7 cm³/mol. The summed E-state index contributed by atoms with van der Waals surface area (Å²) in [5.41, 5.74) is 0. The topological polar surface area (TPSA) is 18.8 Å². The van der Waals surface area contributed by atoms with Crippen molar-refractivity contribution in [3.05, 3.63) is 0 Å². The summed E-state index contributed by atoms with van der Waals surface area (Å²) in [4.78, 5) is 2.37. The lowest BCUT2D eigenvalue weighted by atomic mass is 10.1. The Bertz CT molecular complexity index is 211. The van der Waals surface area contributed by atoms with Crippen molar-refractivity contribution in [3.63, 3.8) is 0 Å². The Morgan fingerprint density at radius 2 is 1.93 bits per heavy atom. The molecule has 3 nitrogen and oxygen atoms in total. The molecule has 0 bridgehead atoms. The van der Waals surface area contributed by atoms with Gasteiger partial charge in [0.2, 0.25) is 0 Å². The number of nitrogens with zero attached hydrogens (tertiary/aromatic N) is 3. The molecule has 0 aliphatic carbocycles. The van der Waals surface area contributed by atoms with E-state index in [-0.39, 0.29) is 0 Å². The summed E-state index contributed by atoms with van der Waals surface area (Å²) in [6.07, 6.45) is 4.84. The minimum atomic E-state index is 0.477. The normalized spacial score (nSPS) is 21.1. The molecule has 1 rings (SSSR count). The average molecular weight is 211 g/mol. The fraction of sp³-hybridized carbons (Fsp3) is 0.917. The smallest absolute Gasteiger partial charge is 0.119 e. The van der Waals surface area contributed by atoms with Crippen LogP contribution in [-0.4, -0.2) is 35.0 Å². The minimum Gasteiger partial charge on any atom is -0.337 e. The van der Waals surface area contributed by atoms with E-state index in [0.717, 1.165) is 18.9 Å². The number of rotatable bonds is 5. The summed E-state index contributed by atoms with van der Waals surface area (Å²) < 4.78 is 0. The molecule has 0 spiro atoms. The molecular weight excluding hydrogens is 186 g/mol. The van der Waals surface area contributed by atoms with Gasteiger partial charge in [0.1, 0.15) is 12.5 Å². The molecule has 1 heterocycles. The highest BCUT2D eigenvalue weighted by molar-refractivity contribution is 5.57. The van der Waals surface area contributed by atoms with Crippen molar-refractivity contribution in [1.82, 2.24) is 9.91 Å². The third-order valence-corrected chi connectivity index (χ3v) is 2.75. The van der Waals surface area contributed by atoms with Crippen LogP contribution in [0.1, 0.15) is 47.5 Å². The monoisotopic (exact) mass is 211 g/mol. The van der Waals surface area contributed by atoms with Crippen molar-refractivity contribution in [3.8, 4) is 0 Å². The number of hydrazone groups is 1. The zero-order valence-corrected chi connectivity index (χ0v) is 10.8. The van der Waals surface area contributed by atoms with Crippen LogP contribution < -0.4 is 0 Å². The third-order valence-electron chi connectivity index (χ3n) is 2.75. The Hall–Kier alpha value is -0.730. The van der Waals surface area contributed by atoms with Crippen molar-refractivity contribution in [2.45, 2.75) is 59.7 Å². The van der Waals surface area contributed by atoms with Gasteiger partial charge < -0.3 is 4.90 Å². The van der Waals surface area contributed by atoms with Crippen LogP contribution in [0.4, 0.5) is 0 Å². The van der Waals surface area contributed by atoms with Gasteiger partial charge in [0, 0.05) is 12.6 Å². The molecule has 1 aliphatic heterocycles. The molecule has 88 valence electrons. The van der Waals surface area contributed by atoms with E-state index in [9.17, 15) is 0 Å². The average Bonchev–Trinajstić information content (AvgIpc) is 2.48. The first-order chi connectivity index (χ1) is 7.06. The Labute approximate surface area is 94.1 Å². The molecule has 0 saturated carbocycles. The second-order valence-electron chi connectivity index (χ2n) is 5.05. The fourth-order valence-electron chi connectivity index (χ4n) is 2.01. The maximum atomic E-state index is 4.50. The maximum Gasteiger partial charge on any atom is 0.119 e. The van der Waals surface area contributed by atoms with Gasteiger partial charge in [0.15, 0.2) is 0 Å². The molecule has 1 unspecified atom stereocenters. The van der Waals surface area contributed by atoms with E-state index in [1.807, 2.05) is 6.34 Å². The quantitative estimate of drug-likeness (QED) is 0.696. The molecule has 1 atom stereocenters. The zero-order valence-electron chi connectivity index (χ0n) is 10.8. The summed E-state index contributed by atoms with van der Waals surface area (Å²) in [5.74, 6) is 0.720. The first-order valence-corrected chi connectivity index (χ1v) is 6.14. The van der Waals surface area contributed by atoms with E-state index in [1.54, 1.807) is 0 Å². The lowest BCUT2D eigenvalue weighted by Gasteiger charge is -2.34. The van der Waals surface area contributed by atoms with Crippen molar-refractivity contribution in [2.24, 2.45) is 11.0 Å². The van der Waals surface area contributed by atoms with Crippen molar-refractivity contribution >= 4 is 6.34 Å². The molecule has 15 heavy (non-hydrogen) atoms. The zero-order chi connectivity index (χ0) is 11.4. The van der Waals surface area contributed by atoms with E-state index in [4.69, 9.17) is 0 Å². The Morgan fingerprint density at radius 1 is 1.27 bits per heavy atom. The molecule has 0 aromatic carbocycles. The Morgan fingerprint density at radius 3 is 2.40 bits per heavy atom. The van der Waals surface area contributed by atoms with Gasteiger partial charge in [-0.15, -0.1) is 0 Å². The first kappa shape index (κ1) is 12.3. The van der Waals surface area contributed by atoms with Gasteiger partial charge in [-0.2, -0.15) is 5.10 Å². The highest BCUT2D eigenvalue weighted by Crippen LogP contribution is 2.21. The Balaban J connectivity index is 2.64. The molecule has 0 saturated heterocycles. The summed E-state index contributed by atoms with van der Waals surface area (Å²) in [5, 5.41) is 6.73. The van der Waals surface area contributed by atoms with Crippen molar-refractivity contribution in [2.75, 3.05) is 6.54 Å². The van der Waals surface area contributed by atoms with E-state index in [1.165, 1.54) is 6.42 Å². The summed E-state index contributed by atoms with van der Waals surface area (Å²) in [6.45, 7) is 12.3. The Kier molecular flexibility index (Phi) is 4.43. The molecule has 1 aliphatic rings. The van der Waals surface area contributed by atoms with E-state index in [0.29, 0.717) is 12.2 Å². The van der Waals surface area contributed by atoms with Crippen LogP contribution in [0.3, 0.4) is 0 Å². The van der Waals surface area contributed by atoms with Crippen LogP contribution in [0.25, 0.3) is 0 Å². The molecule has 0 amide bonds. The maximum absolute atomic E-state index is 4.50. The number of hydrogen-bond acceptors (Lipinski definition) is 3. The molecule has 0 N–H and O–H groups in total. The van der Waals surface area contributed by atoms with Gasteiger partial charge in [-0.05, 0) is 32.6 Å². The van der Waals surface area contributed by atoms with Crippen LogP contribution in [0, 0.1) is 5.92 Å². The SMILES string of the molecule is CCCN1N=CN(C(C)C)C1CC(C)C. The summed E-state index contributed by atoms with van der Waals surface area (Å²) in [6, 6.07) is 0.541. The van der Waals surface area contributed by atoms with E-state index >= 15 is 0 Å². The second-order valence-corrected chi connectivity index (χ2v) is 5.05. The fourth-order valence-corrected chi connectivity index (χ4v) is 2.01. The summed E-state index contributed by atoms with van der Waals surface area (Å²) in [7, 11) is 0. The lowest BCUT2D eigenvalue weighted by molar-refractivity contribution is 0.0931. The molecule has 3 heteroatoms. The van der Waals surface area contributed by atoms with Crippen molar-refractivity contribution in [1.29, 1.82) is 0 Å². The largest absolute Gasteiger partial charge is 0.337 e. The van der Waals surface area contributed by atoms with Gasteiger partial charge in [0.05, 0.1) is 0 Å². The van der Waals surface area contributed by atoms with Crippen LogP contribution in [0.2, 0.25) is 0 Å². The summed E-state index contributed by atoms with van der Waals surface area (Å²) >= 11 is 0. The minimum absolute atomic E-state index is 0.477. The van der Waals surface area contributed by atoms with Gasteiger partial charge in [-0.25, -0.2) is 0 Å². The van der Waals surface area contributed by atoms with Gasteiger partial charge in [-0.3, -0.25) is 5.01 Å². The van der Waals surface area contributed by atoms with Crippen LogP contribution in [-0.2, 0) is 0 Å². The molecule has 0 radical (unpaired) electrons. The predicted octanol–water partition coefficient (Wildman–Crippen LogP) is 2.74. The van der Waals surface area contributed by atoms with Gasteiger partial charge >= 0.3 is 0 Å². The second kappa shape index (κ2) is 5.38. The first-order valence-electron chi connectivity index (χ1n) is 6.14. The van der Waals surface area contributed by atoms with Gasteiger partial charge in [-0.1, -0.05) is 20.8 Å². The molecular formula is C12H25N3. The molecule has 0 aromatic heterocycles. The van der Waals surface area contributed by atoms with Gasteiger partial charge in [0.25, 0.3) is 0 Å².